The van der Waals surface area contributed by atoms with E-state index in [1.165, 1.54) is 24.3 Å². The molecule has 8 nitrogen and oxygen atoms in total. The summed E-state index contributed by atoms with van der Waals surface area (Å²) in [6, 6.07) is 15.1. The summed E-state index contributed by atoms with van der Waals surface area (Å²) in [7, 11) is -4.44. The molecule has 3 aromatic carbocycles. The summed E-state index contributed by atoms with van der Waals surface area (Å²) >= 11 is 0. The van der Waals surface area contributed by atoms with E-state index in [9.17, 15) is 27.9 Å². The van der Waals surface area contributed by atoms with E-state index in [4.69, 9.17) is 4.42 Å². The number of unbranched alkanes of at least 4 members (excludes halogenated alkanes) is 1. The summed E-state index contributed by atoms with van der Waals surface area (Å²) in [4.78, 5) is 24.1. The van der Waals surface area contributed by atoms with Crippen LogP contribution in [0.5, 0.6) is 0 Å². The van der Waals surface area contributed by atoms with Gasteiger partial charge in [-0.25, -0.2) is 0 Å². The van der Waals surface area contributed by atoms with Crippen LogP contribution in [0.4, 0.5) is 5.69 Å². The predicted molar refractivity (Wildman–Crippen MR) is 131 cm³/mol. The van der Waals surface area contributed by atoms with Crippen molar-refractivity contribution >= 4 is 32.6 Å². The molecule has 0 aliphatic heterocycles. The lowest BCUT2D eigenvalue weighted by Crippen LogP contribution is -2.05. The van der Waals surface area contributed by atoms with Crippen molar-refractivity contribution < 1.29 is 27.1 Å². The van der Waals surface area contributed by atoms with Gasteiger partial charge in [-0.05, 0) is 31.0 Å². The number of furan rings is 1. The molecule has 0 atom stereocenters. The van der Waals surface area contributed by atoms with Crippen molar-refractivity contribution in [3.63, 3.8) is 0 Å². The van der Waals surface area contributed by atoms with Gasteiger partial charge >= 0.3 is 0 Å². The Balaban J connectivity index is 1.80. The van der Waals surface area contributed by atoms with Gasteiger partial charge in [0.2, 0.25) is 0 Å². The zero-order valence-corrected chi connectivity index (χ0v) is 20.0. The van der Waals surface area contributed by atoms with E-state index >= 15 is 0 Å². The summed E-state index contributed by atoms with van der Waals surface area (Å²) < 4.78 is 39.2. The Kier molecular flexibility index (Phi) is 6.56. The minimum absolute atomic E-state index is 0.137. The lowest BCUT2D eigenvalue weighted by atomic mass is 9.96. The average Bonchev–Trinajstić information content (AvgIpc) is 3.19. The number of ketones is 1. The summed E-state index contributed by atoms with van der Waals surface area (Å²) in [6.45, 7) is 3.82. The van der Waals surface area contributed by atoms with Crippen molar-refractivity contribution in [3.8, 4) is 11.1 Å². The van der Waals surface area contributed by atoms with Crippen LogP contribution in [-0.4, -0.2) is 23.7 Å². The molecule has 4 rings (SSSR count). The van der Waals surface area contributed by atoms with E-state index in [1.54, 1.807) is 43.3 Å². The number of aryl methyl sites for hydroxylation is 2. The Morgan fingerprint density at radius 2 is 1.77 bits per heavy atom. The number of fused-ring (bicyclic) bond motifs is 1. The van der Waals surface area contributed by atoms with Gasteiger partial charge in [0.15, 0.2) is 5.78 Å². The molecule has 0 saturated carbocycles. The lowest BCUT2D eigenvalue weighted by molar-refractivity contribution is -0.384. The first-order valence-corrected chi connectivity index (χ1v) is 12.5. The van der Waals surface area contributed by atoms with Crippen LogP contribution in [0.1, 0.15) is 47.0 Å². The van der Waals surface area contributed by atoms with Gasteiger partial charge in [0, 0.05) is 35.1 Å². The number of benzene rings is 3. The zero-order valence-electron chi connectivity index (χ0n) is 19.1. The monoisotopic (exact) mass is 493 g/mol. The molecule has 0 unspecified atom stereocenters. The smallest absolute Gasteiger partial charge is 0.295 e. The van der Waals surface area contributed by atoms with E-state index in [-0.39, 0.29) is 16.4 Å². The third-order valence-corrected chi connectivity index (χ3v) is 6.72. The van der Waals surface area contributed by atoms with E-state index in [0.717, 1.165) is 18.4 Å². The second kappa shape index (κ2) is 9.44. The normalized spacial score (nSPS) is 11.6. The second-order valence-corrected chi connectivity index (χ2v) is 9.71. The fourth-order valence-corrected chi connectivity index (χ4v) is 4.75. The van der Waals surface area contributed by atoms with Gasteiger partial charge in [-0.3, -0.25) is 19.5 Å². The number of carbonyl (C=O) groups is 1. The molecule has 0 aliphatic rings. The molecule has 0 bridgehead atoms. The minimum atomic E-state index is -4.44. The van der Waals surface area contributed by atoms with Crippen molar-refractivity contribution in [1.82, 2.24) is 0 Å². The maximum Gasteiger partial charge on any atom is 0.295 e. The molecule has 0 spiro atoms. The maximum absolute atomic E-state index is 13.5. The Morgan fingerprint density at radius 1 is 1.06 bits per heavy atom. The third-order valence-electron chi connectivity index (χ3n) is 5.81. The standard InChI is InChI=1S/C26H23NO7S/c1-3-4-5-23-25(21-15-19(27(29)30)11-12-22(21)34-23)26(28)18-9-7-17(8-10-18)20-14-16(2)6-13-24(20)35(31,32)33/h6-15H,3-5H2,1-2H3,(H,31,32,33). The topological polar surface area (TPSA) is 128 Å². The van der Waals surface area contributed by atoms with E-state index in [2.05, 4.69) is 0 Å². The predicted octanol–water partition coefficient (Wildman–Crippen LogP) is 6.14. The van der Waals surface area contributed by atoms with E-state index in [0.29, 0.717) is 45.4 Å². The van der Waals surface area contributed by atoms with Gasteiger partial charge < -0.3 is 4.42 Å². The molecule has 0 saturated heterocycles. The molecule has 0 aliphatic carbocycles. The van der Waals surface area contributed by atoms with Crippen molar-refractivity contribution in [1.29, 1.82) is 0 Å². The van der Waals surface area contributed by atoms with Crippen molar-refractivity contribution in [2.45, 2.75) is 38.0 Å². The molecule has 0 radical (unpaired) electrons. The highest BCUT2D eigenvalue weighted by Gasteiger charge is 2.24. The molecule has 9 heteroatoms. The molecule has 4 aromatic rings. The highest BCUT2D eigenvalue weighted by atomic mass is 32.2. The molecular formula is C26H23NO7S. The quantitative estimate of drug-likeness (QED) is 0.135. The SMILES string of the molecule is CCCCc1oc2ccc([N+](=O)[O-])cc2c1C(=O)c1ccc(-c2cc(C)ccc2S(=O)(=O)O)cc1. The van der Waals surface area contributed by atoms with Gasteiger partial charge in [0.25, 0.3) is 15.8 Å². The van der Waals surface area contributed by atoms with Crippen molar-refractivity contribution in [2.75, 3.05) is 0 Å². The summed E-state index contributed by atoms with van der Waals surface area (Å²) in [6.07, 6.45) is 2.18. The van der Waals surface area contributed by atoms with Gasteiger partial charge in [-0.15, -0.1) is 0 Å². The second-order valence-electron chi connectivity index (χ2n) is 8.32. The number of carbonyl (C=O) groups excluding carboxylic acids is 1. The Bertz CT molecular complexity index is 1550. The minimum Gasteiger partial charge on any atom is -0.460 e. The first-order chi connectivity index (χ1) is 16.6. The van der Waals surface area contributed by atoms with Crippen LogP contribution in [-0.2, 0) is 16.5 Å². The summed E-state index contributed by atoms with van der Waals surface area (Å²) in [5.41, 5.74) is 2.51. The highest BCUT2D eigenvalue weighted by Crippen LogP contribution is 2.33. The van der Waals surface area contributed by atoms with Gasteiger partial charge in [-0.1, -0.05) is 55.3 Å². The zero-order chi connectivity index (χ0) is 25.3. The van der Waals surface area contributed by atoms with Crippen molar-refractivity contribution in [3.05, 3.63) is 93.2 Å². The van der Waals surface area contributed by atoms with Gasteiger partial charge in [0.05, 0.1) is 10.5 Å². The number of nitro groups is 1. The molecular weight excluding hydrogens is 470 g/mol. The highest BCUT2D eigenvalue weighted by molar-refractivity contribution is 7.86. The number of nitro benzene ring substituents is 1. The molecule has 1 aromatic heterocycles. The third kappa shape index (κ3) is 4.87. The Morgan fingerprint density at radius 3 is 2.40 bits per heavy atom. The Labute approximate surface area is 202 Å². The maximum atomic E-state index is 13.5. The van der Waals surface area contributed by atoms with Crippen molar-refractivity contribution in [2.24, 2.45) is 0 Å². The summed E-state index contributed by atoms with van der Waals surface area (Å²) in [5, 5.41) is 11.7. The van der Waals surface area contributed by atoms with Gasteiger partial charge in [0.1, 0.15) is 16.2 Å². The van der Waals surface area contributed by atoms with Crippen LogP contribution in [0.25, 0.3) is 22.1 Å². The number of nitrogens with zero attached hydrogens (tertiary/aromatic N) is 1. The molecule has 1 heterocycles. The van der Waals surface area contributed by atoms with Crippen LogP contribution in [0, 0.1) is 17.0 Å². The fourth-order valence-electron chi connectivity index (χ4n) is 4.05. The molecule has 0 fully saturated rings. The first-order valence-electron chi connectivity index (χ1n) is 11.0. The molecule has 0 amide bonds. The largest absolute Gasteiger partial charge is 0.460 e. The lowest BCUT2D eigenvalue weighted by Gasteiger charge is -2.10. The summed E-state index contributed by atoms with van der Waals surface area (Å²) in [5.74, 6) is 0.130. The van der Waals surface area contributed by atoms with E-state index in [1.807, 2.05) is 6.92 Å². The number of non-ortho nitro benzene ring substituents is 1. The van der Waals surface area contributed by atoms with E-state index < -0.39 is 15.0 Å². The van der Waals surface area contributed by atoms with Crippen LogP contribution in [0.15, 0.2) is 70.0 Å². The molecule has 1 N–H and O–H groups in total. The first kappa shape index (κ1) is 24.3. The number of rotatable bonds is 8. The number of hydrogen-bond acceptors (Lipinski definition) is 6. The van der Waals surface area contributed by atoms with Crippen LogP contribution >= 0.6 is 0 Å². The Hall–Kier alpha value is -3.82. The molecule has 35 heavy (non-hydrogen) atoms. The molecule has 180 valence electrons. The average molecular weight is 494 g/mol. The van der Waals surface area contributed by atoms with Crippen LogP contribution in [0.3, 0.4) is 0 Å². The van der Waals surface area contributed by atoms with Crippen LogP contribution in [0.2, 0.25) is 0 Å². The number of hydrogen-bond donors (Lipinski definition) is 1. The van der Waals surface area contributed by atoms with Gasteiger partial charge in [-0.2, -0.15) is 8.42 Å². The fraction of sp³-hybridized carbons (Fsp3) is 0.192. The van der Waals surface area contributed by atoms with Crippen LogP contribution < -0.4 is 0 Å².